The minimum Gasteiger partial charge on any atom is -0.339 e. The Morgan fingerprint density at radius 3 is 2.11 bits per heavy atom. The second-order valence-corrected chi connectivity index (χ2v) is 10.3. The molecule has 4 rings (SSSR count). The number of hydrogen-bond donors (Lipinski definition) is 0. The SMILES string of the molecule is N#Cc1ccccc1S(=O)(=O)N1CCN(C(=O)CN2CCN(C(=O)c3ccccc3F)CC2)CC1. The number of benzene rings is 2. The second-order valence-electron chi connectivity index (χ2n) is 8.44. The Morgan fingerprint density at radius 2 is 1.46 bits per heavy atom. The number of amides is 2. The van der Waals surface area contributed by atoms with Crippen molar-refractivity contribution in [3.8, 4) is 6.07 Å². The molecule has 0 aromatic heterocycles. The monoisotopic (exact) mass is 499 g/mol. The normalized spacial score (nSPS) is 17.7. The van der Waals surface area contributed by atoms with E-state index in [0.717, 1.165) is 0 Å². The minimum atomic E-state index is -3.82. The maximum absolute atomic E-state index is 13.9. The number of hydrogen-bond acceptors (Lipinski definition) is 6. The quantitative estimate of drug-likeness (QED) is 0.608. The first kappa shape index (κ1) is 24.8. The van der Waals surface area contributed by atoms with E-state index >= 15 is 0 Å². The van der Waals surface area contributed by atoms with Crippen molar-refractivity contribution in [3.05, 3.63) is 65.5 Å². The van der Waals surface area contributed by atoms with E-state index in [2.05, 4.69) is 0 Å². The van der Waals surface area contributed by atoms with Gasteiger partial charge >= 0.3 is 0 Å². The van der Waals surface area contributed by atoms with E-state index in [1.165, 1.54) is 34.6 Å². The van der Waals surface area contributed by atoms with Crippen LogP contribution in [0.4, 0.5) is 4.39 Å². The number of nitrogens with zero attached hydrogens (tertiary/aromatic N) is 5. The van der Waals surface area contributed by atoms with Crippen LogP contribution in [0.3, 0.4) is 0 Å². The molecule has 11 heteroatoms. The molecule has 9 nitrogen and oxygen atoms in total. The topological polar surface area (TPSA) is 105 Å². The molecule has 0 bridgehead atoms. The number of sulfonamides is 1. The van der Waals surface area contributed by atoms with Crippen molar-refractivity contribution in [1.29, 1.82) is 5.26 Å². The molecule has 0 radical (unpaired) electrons. The van der Waals surface area contributed by atoms with Gasteiger partial charge in [0.05, 0.1) is 22.6 Å². The van der Waals surface area contributed by atoms with Gasteiger partial charge in [-0.3, -0.25) is 14.5 Å². The maximum Gasteiger partial charge on any atom is 0.256 e. The molecule has 2 aromatic rings. The molecule has 2 aromatic carbocycles. The van der Waals surface area contributed by atoms with Gasteiger partial charge in [-0.1, -0.05) is 24.3 Å². The van der Waals surface area contributed by atoms with Gasteiger partial charge in [-0.2, -0.15) is 9.57 Å². The van der Waals surface area contributed by atoms with Crippen molar-refractivity contribution in [1.82, 2.24) is 19.0 Å². The van der Waals surface area contributed by atoms with E-state index in [1.807, 2.05) is 11.0 Å². The van der Waals surface area contributed by atoms with Gasteiger partial charge in [-0.05, 0) is 24.3 Å². The van der Waals surface area contributed by atoms with E-state index in [1.54, 1.807) is 28.0 Å². The highest BCUT2D eigenvalue weighted by Crippen LogP contribution is 2.21. The van der Waals surface area contributed by atoms with Gasteiger partial charge in [0.25, 0.3) is 5.91 Å². The molecule has 0 N–H and O–H groups in total. The molecular weight excluding hydrogens is 473 g/mol. The number of carbonyl (C=O) groups excluding carboxylic acids is 2. The number of nitriles is 1. The van der Waals surface area contributed by atoms with E-state index in [-0.39, 0.29) is 60.6 Å². The predicted octanol–water partition coefficient (Wildman–Crippen LogP) is 0.988. The number of rotatable bonds is 5. The van der Waals surface area contributed by atoms with Crippen LogP contribution in [0.1, 0.15) is 15.9 Å². The van der Waals surface area contributed by atoms with Crippen LogP contribution in [0, 0.1) is 17.1 Å². The fraction of sp³-hybridized carbons (Fsp3) is 0.375. The van der Waals surface area contributed by atoms with E-state index in [0.29, 0.717) is 26.2 Å². The molecule has 2 heterocycles. The van der Waals surface area contributed by atoms with Crippen molar-refractivity contribution in [2.24, 2.45) is 0 Å². The summed E-state index contributed by atoms with van der Waals surface area (Å²) in [6.45, 7) is 2.77. The largest absolute Gasteiger partial charge is 0.339 e. The molecular formula is C24H26FN5O4S. The molecule has 0 spiro atoms. The third-order valence-electron chi connectivity index (χ3n) is 6.34. The van der Waals surface area contributed by atoms with Crippen LogP contribution in [0.5, 0.6) is 0 Å². The summed E-state index contributed by atoms with van der Waals surface area (Å²) >= 11 is 0. The smallest absolute Gasteiger partial charge is 0.256 e. The van der Waals surface area contributed by atoms with Crippen LogP contribution < -0.4 is 0 Å². The molecule has 0 atom stereocenters. The number of piperazine rings is 2. The zero-order valence-corrected chi connectivity index (χ0v) is 20.0. The molecule has 0 aliphatic carbocycles. The molecule has 184 valence electrons. The Hall–Kier alpha value is -3.33. The van der Waals surface area contributed by atoms with Gasteiger partial charge in [-0.15, -0.1) is 0 Å². The number of carbonyl (C=O) groups is 2. The Labute approximate surface area is 204 Å². The summed E-state index contributed by atoms with van der Waals surface area (Å²) in [6.07, 6.45) is 0. The van der Waals surface area contributed by atoms with Crippen molar-refractivity contribution < 1.29 is 22.4 Å². The second kappa shape index (κ2) is 10.5. The molecule has 0 unspecified atom stereocenters. The predicted molar refractivity (Wildman–Crippen MR) is 125 cm³/mol. The van der Waals surface area contributed by atoms with Crippen LogP contribution in [-0.4, -0.2) is 98.1 Å². The first-order valence-electron chi connectivity index (χ1n) is 11.3. The Kier molecular flexibility index (Phi) is 7.45. The third kappa shape index (κ3) is 5.35. The number of halogens is 1. The highest BCUT2D eigenvalue weighted by atomic mass is 32.2. The van der Waals surface area contributed by atoms with Gasteiger partial charge in [0, 0.05) is 52.4 Å². The lowest BCUT2D eigenvalue weighted by atomic mass is 10.1. The zero-order valence-electron chi connectivity index (χ0n) is 19.1. The first-order chi connectivity index (χ1) is 16.8. The standard InChI is InChI=1S/C24H26FN5O4S/c25-21-7-3-2-6-20(21)24(32)29-11-9-27(10-12-29)18-23(31)28-13-15-30(16-14-28)35(33,34)22-8-4-1-5-19(22)17-26/h1-8H,9-16,18H2. The summed E-state index contributed by atoms with van der Waals surface area (Å²) in [4.78, 5) is 30.5. The van der Waals surface area contributed by atoms with Crippen molar-refractivity contribution in [2.45, 2.75) is 4.90 Å². The summed E-state index contributed by atoms with van der Waals surface area (Å²) in [5.74, 6) is -1.01. The van der Waals surface area contributed by atoms with Crippen LogP contribution in [-0.2, 0) is 14.8 Å². The average molecular weight is 500 g/mol. The van der Waals surface area contributed by atoms with Crippen molar-refractivity contribution >= 4 is 21.8 Å². The van der Waals surface area contributed by atoms with Gasteiger partial charge in [-0.25, -0.2) is 12.8 Å². The lowest BCUT2D eigenvalue weighted by molar-refractivity contribution is -0.133. The van der Waals surface area contributed by atoms with Crippen LogP contribution >= 0.6 is 0 Å². The minimum absolute atomic E-state index is 0.0231. The zero-order chi connectivity index (χ0) is 25.0. The molecule has 2 amide bonds. The lowest BCUT2D eigenvalue weighted by Crippen LogP contribution is -2.55. The van der Waals surface area contributed by atoms with E-state index in [9.17, 15) is 27.7 Å². The third-order valence-corrected chi connectivity index (χ3v) is 8.30. The van der Waals surface area contributed by atoms with Crippen LogP contribution in [0.25, 0.3) is 0 Å². The summed E-state index contributed by atoms with van der Waals surface area (Å²) in [5.41, 5.74) is 0.140. The fourth-order valence-electron chi connectivity index (χ4n) is 4.31. The lowest BCUT2D eigenvalue weighted by Gasteiger charge is -2.37. The molecule has 2 saturated heterocycles. The first-order valence-corrected chi connectivity index (χ1v) is 12.8. The van der Waals surface area contributed by atoms with Gasteiger partial charge in [0.15, 0.2) is 0 Å². The van der Waals surface area contributed by atoms with Crippen molar-refractivity contribution in [2.75, 3.05) is 58.9 Å². The Bertz CT molecular complexity index is 1250. The van der Waals surface area contributed by atoms with E-state index in [4.69, 9.17) is 0 Å². The highest BCUT2D eigenvalue weighted by Gasteiger charge is 2.32. The van der Waals surface area contributed by atoms with Gasteiger partial charge in [0.2, 0.25) is 15.9 Å². The Morgan fingerprint density at radius 1 is 0.857 bits per heavy atom. The molecule has 35 heavy (non-hydrogen) atoms. The summed E-state index contributed by atoms with van der Waals surface area (Å²) < 4.78 is 41.2. The molecule has 2 fully saturated rings. The molecule has 0 saturated carbocycles. The van der Waals surface area contributed by atoms with Gasteiger partial charge in [0.1, 0.15) is 11.9 Å². The maximum atomic E-state index is 13.9. The van der Waals surface area contributed by atoms with Gasteiger partial charge < -0.3 is 9.80 Å². The van der Waals surface area contributed by atoms with E-state index < -0.39 is 15.8 Å². The van der Waals surface area contributed by atoms with Crippen LogP contribution in [0.2, 0.25) is 0 Å². The molecule has 2 aliphatic rings. The fourth-order valence-corrected chi connectivity index (χ4v) is 5.87. The summed E-state index contributed by atoms with van der Waals surface area (Å²) in [5, 5.41) is 9.24. The Balaban J connectivity index is 1.27. The van der Waals surface area contributed by atoms with Crippen molar-refractivity contribution in [3.63, 3.8) is 0 Å². The summed E-state index contributed by atoms with van der Waals surface area (Å²) in [6, 6.07) is 13.9. The average Bonchev–Trinajstić information content (AvgIpc) is 2.89. The highest BCUT2D eigenvalue weighted by molar-refractivity contribution is 7.89. The van der Waals surface area contributed by atoms with Crippen LogP contribution in [0.15, 0.2) is 53.4 Å². The summed E-state index contributed by atoms with van der Waals surface area (Å²) in [7, 11) is -3.82. The molecule has 2 aliphatic heterocycles.